The number of methoxy groups -OCH3 is 1. The molecule has 2 N–H and O–H groups in total. The molecule has 0 radical (unpaired) electrons. The van der Waals surface area contributed by atoms with Crippen LogP contribution in [0.3, 0.4) is 0 Å². The standard InChI is InChI=1S/C11H9BrN2O3S/c1-17-8-4-6(2-3-7(8)12)14-11-13-5-9(18-11)10(15)16/h2-5H,1H3,(H,13,14)(H,15,16). The molecule has 0 amide bonds. The van der Waals surface area contributed by atoms with E-state index in [1.165, 1.54) is 6.20 Å². The van der Waals surface area contributed by atoms with Crippen molar-refractivity contribution in [1.82, 2.24) is 4.98 Å². The molecule has 0 aliphatic carbocycles. The first-order valence-corrected chi connectivity index (χ1v) is 6.51. The van der Waals surface area contributed by atoms with Crippen LogP contribution in [0.15, 0.2) is 28.9 Å². The van der Waals surface area contributed by atoms with Crippen molar-refractivity contribution >= 4 is 44.1 Å². The smallest absolute Gasteiger partial charge is 0.347 e. The van der Waals surface area contributed by atoms with E-state index in [4.69, 9.17) is 9.84 Å². The number of thiazole rings is 1. The van der Waals surface area contributed by atoms with Crippen molar-refractivity contribution in [1.29, 1.82) is 0 Å². The van der Waals surface area contributed by atoms with Crippen LogP contribution in [-0.2, 0) is 0 Å². The van der Waals surface area contributed by atoms with E-state index < -0.39 is 5.97 Å². The summed E-state index contributed by atoms with van der Waals surface area (Å²) in [5.74, 6) is -0.288. The molecule has 0 atom stereocenters. The van der Waals surface area contributed by atoms with Gasteiger partial charge in [0.25, 0.3) is 0 Å². The van der Waals surface area contributed by atoms with Crippen LogP contribution in [0.25, 0.3) is 0 Å². The van der Waals surface area contributed by atoms with Crippen LogP contribution in [0.2, 0.25) is 0 Å². The van der Waals surface area contributed by atoms with Gasteiger partial charge in [-0.15, -0.1) is 0 Å². The topological polar surface area (TPSA) is 71.5 Å². The average molecular weight is 329 g/mol. The number of aromatic carboxylic acids is 1. The summed E-state index contributed by atoms with van der Waals surface area (Å²) in [6, 6.07) is 5.48. The molecule has 94 valence electrons. The Morgan fingerprint density at radius 3 is 2.94 bits per heavy atom. The van der Waals surface area contributed by atoms with Crippen molar-refractivity contribution in [3.05, 3.63) is 33.7 Å². The van der Waals surface area contributed by atoms with Gasteiger partial charge in [0, 0.05) is 11.8 Å². The van der Waals surface area contributed by atoms with Gasteiger partial charge in [0.05, 0.1) is 17.8 Å². The summed E-state index contributed by atoms with van der Waals surface area (Å²) in [5, 5.41) is 12.3. The Hall–Kier alpha value is -1.60. The van der Waals surface area contributed by atoms with E-state index in [-0.39, 0.29) is 4.88 Å². The average Bonchev–Trinajstić information content (AvgIpc) is 2.80. The zero-order valence-electron chi connectivity index (χ0n) is 9.31. The highest BCUT2D eigenvalue weighted by Crippen LogP contribution is 2.30. The number of rotatable bonds is 4. The van der Waals surface area contributed by atoms with E-state index in [0.29, 0.717) is 10.9 Å². The lowest BCUT2D eigenvalue weighted by Gasteiger charge is -2.07. The van der Waals surface area contributed by atoms with E-state index in [1.54, 1.807) is 13.2 Å². The van der Waals surface area contributed by atoms with E-state index >= 15 is 0 Å². The summed E-state index contributed by atoms with van der Waals surface area (Å²) < 4.78 is 6.02. The van der Waals surface area contributed by atoms with Crippen molar-refractivity contribution in [3.8, 4) is 5.75 Å². The minimum absolute atomic E-state index is 0.196. The number of aromatic nitrogens is 1. The number of halogens is 1. The normalized spacial score (nSPS) is 10.1. The number of nitrogens with zero attached hydrogens (tertiary/aromatic N) is 1. The molecule has 0 bridgehead atoms. The second kappa shape index (κ2) is 5.36. The molecule has 0 spiro atoms. The third-order valence-electron chi connectivity index (χ3n) is 2.12. The minimum Gasteiger partial charge on any atom is -0.495 e. The molecule has 1 heterocycles. The van der Waals surface area contributed by atoms with Gasteiger partial charge in [-0.05, 0) is 28.1 Å². The summed E-state index contributed by atoms with van der Waals surface area (Å²) >= 11 is 4.43. The van der Waals surface area contributed by atoms with Gasteiger partial charge in [-0.3, -0.25) is 0 Å². The SMILES string of the molecule is COc1cc(Nc2ncc(C(=O)O)s2)ccc1Br. The monoisotopic (exact) mass is 328 g/mol. The molecular weight excluding hydrogens is 320 g/mol. The number of hydrogen-bond donors (Lipinski definition) is 2. The minimum atomic E-state index is -0.978. The van der Waals surface area contributed by atoms with Crippen molar-refractivity contribution in [2.75, 3.05) is 12.4 Å². The molecule has 18 heavy (non-hydrogen) atoms. The Morgan fingerprint density at radius 2 is 2.33 bits per heavy atom. The number of nitrogens with one attached hydrogen (secondary N) is 1. The van der Waals surface area contributed by atoms with Crippen molar-refractivity contribution in [2.24, 2.45) is 0 Å². The maximum absolute atomic E-state index is 10.7. The summed E-state index contributed by atoms with van der Waals surface area (Å²) in [5.41, 5.74) is 0.779. The van der Waals surface area contributed by atoms with Crippen LogP contribution in [-0.4, -0.2) is 23.2 Å². The fraction of sp³-hybridized carbons (Fsp3) is 0.0909. The van der Waals surface area contributed by atoms with Gasteiger partial charge in [0.15, 0.2) is 5.13 Å². The fourth-order valence-electron chi connectivity index (χ4n) is 1.29. The molecule has 0 aliphatic rings. The first-order chi connectivity index (χ1) is 8.60. The Balaban J connectivity index is 2.20. The zero-order valence-corrected chi connectivity index (χ0v) is 11.7. The highest BCUT2D eigenvalue weighted by molar-refractivity contribution is 9.10. The predicted molar refractivity (Wildman–Crippen MR) is 73.1 cm³/mol. The molecule has 2 rings (SSSR count). The number of carboxylic acid groups (broad SMARTS) is 1. The first kappa shape index (κ1) is 12.8. The molecule has 5 nitrogen and oxygen atoms in total. The number of carboxylic acids is 1. The summed E-state index contributed by atoms with van der Waals surface area (Å²) in [6.07, 6.45) is 1.32. The van der Waals surface area contributed by atoms with Crippen LogP contribution in [0.4, 0.5) is 10.8 Å². The number of carbonyl (C=O) groups is 1. The van der Waals surface area contributed by atoms with Gasteiger partial charge in [-0.25, -0.2) is 9.78 Å². The Morgan fingerprint density at radius 1 is 1.56 bits per heavy atom. The number of hydrogen-bond acceptors (Lipinski definition) is 5. The number of ether oxygens (including phenoxy) is 1. The zero-order chi connectivity index (χ0) is 13.1. The van der Waals surface area contributed by atoms with Crippen molar-refractivity contribution in [3.63, 3.8) is 0 Å². The third kappa shape index (κ3) is 2.80. The molecule has 0 fully saturated rings. The second-order valence-corrected chi connectivity index (χ2v) is 5.19. The maximum Gasteiger partial charge on any atom is 0.347 e. The van der Waals surface area contributed by atoms with Crippen molar-refractivity contribution in [2.45, 2.75) is 0 Å². The van der Waals surface area contributed by atoms with Gasteiger partial charge < -0.3 is 15.2 Å². The molecule has 1 aromatic carbocycles. The van der Waals surface area contributed by atoms with E-state index in [9.17, 15) is 4.79 Å². The lowest BCUT2D eigenvalue weighted by Crippen LogP contribution is -1.91. The highest BCUT2D eigenvalue weighted by atomic mass is 79.9. The lowest BCUT2D eigenvalue weighted by atomic mass is 10.3. The Bertz CT molecular complexity index is 585. The predicted octanol–water partition coefficient (Wildman–Crippen LogP) is 3.36. The molecule has 0 saturated heterocycles. The molecule has 0 aliphatic heterocycles. The Kier molecular flexibility index (Phi) is 3.83. The number of anilines is 2. The molecule has 7 heteroatoms. The quantitative estimate of drug-likeness (QED) is 0.900. The van der Waals surface area contributed by atoms with Gasteiger partial charge in [-0.2, -0.15) is 0 Å². The van der Waals surface area contributed by atoms with Crippen LogP contribution in [0, 0.1) is 0 Å². The summed E-state index contributed by atoms with van der Waals surface area (Å²) in [4.78, 5) is 14.9. The van der Waals surface area contributed by atoms with Gasteiger partial charge >= 0.3 is 5.97 Å². The Labute approximate surface area is 116 Å². The molecule has 1 aromatic heterocycles. The second-order valence-electron chi connectivity index (χ2n) is 3.31. The van der Waals surface area contributed by atoms with E-state index in [1.807, 2.05) is 12.1 Å². The van der Waals surface area contributed by atoms with E-state index in [2.05, 4.69) is 26.2 Å². The third-order valence-corrected chi connectivity index (χ3v) is 3.67. The summed E-state index contributed by atoms with van der Waals surface area (Å²) in [7, 11) is 1.58. The van der Waals surface area contributed by atoms with Crippen LogP contribution in [0.1, 0.15) is 9.67 Å². The molecule has 0 unspecified atom stereocenters. The maximum atomic E-state index is 10.7. The summed E-state index contributed by atoms with van der Waals surface area (Å²) in [6.45, 7) is 0. The van der Waals surface area contributed by atoms with Gasteiger partial charge in [-0.1, -0.05) is 11.3 Å². The van der Waals surface area contributed by atoms with Crippen LogP contribution < -0.4 is 10.1 Å². The van der Waals surface area contributed by atoms with Crippen molar-refractivity contribution < 1.29 is 14.6 Å². The molecular formula is C11H9BrN2O3S. The largest absolute Gasteiger partial charge is 0.495 e. The number of benzene rings is 1. The lowest BCUT2D eigenvalue weighted by molar-refractivity contribution is 0.0702. The van der Waals surface area contributed by atoms with Crippen LogP contribution in [0.5, 0.6) is 5.75 Å². The molecule has 0 saturated carbocycles. The first-order valence-electron chi connectivity index (χ1n) is 4.90. The van der Waals surface area contributed by atoms with Gasteiger partial charge in [0.1, 0.15) is 10.6 Å². The van der Waals surface area contributed by atoms with Crippen LogP contribution >= 0.6 is 27.3 Å². The van der Waals surface area contributed by atoms with Gasteiger partial charge in [0.2, 0.25) is 0 Å². The highest BCUT2D eigenvalue weighted by Gasteiger charge is 2.09. The fourth-order valence-corrected chi connectivity index (χ4v) is 2.38. The van der Waals surface area contributed by atoms with E-state index in [0.717, 1.165) is 21.5 Å². The molecule has 2 aromatic rings.